The number of halogens is 2. The van der Waals surface area contributed by atoms with Crippen LogP contribution >= 0.6 is 23.2 Å². The van der Waals surface area contributed by atoms with Gasteiger partial charge in [0.25, 0.3) is 0 Å². The lowest BCUT2D eigenvalue weighted by molar-refractivity contribution is -0.183. The Morgan fingerprint density at radius 3 is 2.59 bits per heavy atom. The van der Waals surface area contributed by atoms with Gasteiger partial charge in [-0.1, -0.05) is 29.3 Å². The van der Waals surface area contributed by atoms with E-state index in [4.69, 9.17) is 42.3 Å². The van der Waals surface area contributed by atoms with Gasteiger partial charge in [-0.3, -0.25) is 0 Å². The van der Waals surface area contributed by atoms with E-state index in [1.54, 1.807) is 31.2 Å². The quantitative estimate of drug-likeness (QED) is 0.691. The fraction of sp³-hybridized carbons (Fsp3) is 0.444. The van der Waals surface area contributed by atoms with Crippen LogP contribution in [0.1, 0.15) is 25.3 Å². The van der Waals surface area contributed by atoms with Crippen LogP contribution in [0.5, 0.6) is 0 Å². The van der Waals surface area contributed by atoms with Crippen LogP contribution in [0.25, 0.3) is 5.57 Å². The van der Waals surface area contributed by atoms with Gasteiger partial charge in [0.1, 0.15) is 5.57 Å². The molecule has 0 aliphatic carbocycles. The summed E-state index contributed by atoms with van der Waals surface area (Å²) in [5, 5.41) is 2.42. The van der Waals surface area contributed by atoms with Crippen molar-refractivity contribution in [2.75, 3.05) is 26.8 Å². The molecule has 0 saturated carbocycles. The van der Waals surface area contributed by atoms with E-state index >= 15 is 0 Å². The van der Waals surface area contributed by atoms with Crippen molar-refractivity contribution >= 4 is 40.9 Å². The maximum Gasteiger partial charge on any atom is 0.513 e. The van der Waals surface area contributed by atoms with E-state index < -0.39 is 17.7 Å². The average Bonchev–Trinajstić information content (AvgIpc) is 2.87. The Hall–Kier alpha value is -1.80. The molecule has 0 bridgehead atoms. The number of hydroxylamine groups is 2. The summed E-state index contributed by atoms with van der Waals surface area (Å²) in [6, 6.07) is 4.71. The van der Waals surface area contributed by atoms with Crippen molar-refractivity contribution in [1.29, 1.82) is 0 Å². The van der Waals surface area contributed by atoms with E-state index in [9.17, 15) is 9.59 Å². The summed E-state index contributed by atoms with van der Waals surface area (Å²) in [6.45, 7) is 2.81. The van der Waals surface area contributed by atoms with Crippen LogP contribution in [0.15, 0.2) is 24.0 Å². The molecule has 27 heavy (non-hydrogen) atoms. The number of piperidine rings is 1. The summed E-state index contributed by atoms with van der Waals surface area (Å²) < 4.78 is 16.1. The number of carbonyl (C=O) groups is 2. The first-order chi connectivity index (χ1) is 12.9. The molecule has 0 unspecified atom stereocenters. The largest absolute Gasteiger partial charge is 0.513 e. The molecule has 1 aromatic carbocycles. The average molecular weight is 416 g/mol. The molecule has 0 aromatic heterocycles. The van der Waals surface area contributed by atoms with Gasteiger partial charge in [0, 0.05) is 36.5 Å². The Morgan fingerprint density at radius 2 is 2.00 bits per heavy atom. The molecule has 0 N–H and O–H groups in total. The SMILES string of the molecule is CCOC(=O)OC1=C(c2ccc(Cl)cc2Cl)C(=O)OC12CCN(OC)CC2. The molecule has 1 fully saturated rings. The van der Waals surface area contributed by atoms with Crippen molar-refractivity contribution in [3.8, 4) is 0 Å². The molecule has 2 heterocycles. The van der Waals surface area contributed by atoms with Crippen LogP contribution < -0.4 is 0 Å². The highest BCUT2D eigenvalue weighted by atomic mass is 35.5. The molecule has 9 heteroatoms. The highest BCUT2D eigenvalue weighted by molar-refractivity contribution is 6.37. The third-order valence-corrected chi connectivity index (χ3v) is 5.12. The number of hydrogen-bond acceptors (Lipinski definition) is 7. The van der Waals surface area contributed by atoms with E-state index in [0.717, 1.165) is 0 Å². The van der Waals surface area contributed by atoms with Crippen LogP contribution in [0.3, 0.4) is 0 Å². The predicted octanol–water partition coefficient (Wildman–Crippen LogP) is 3.83. The lowest BCUT2D eigenvalue weighted by Gasteiger charge is -2.37. The second-order valence-corrected chi connectivity index (χ2v) is 6.95. The van der Waals surface area contributed by atoms with E-state index in [1.165, 1.54) is 6.07 Å². The molecular weight excluding hydrogens is 397 g/mol. The van der Waals surface area contributed by atoms with Gasteiger partial charge in [-0.05, 0) is 19.1 Å². The highest BCUT2D eigenvalue weighted by Gasteiger charge is 2.52. The number of ether oxygens (including phenoxy) is 3. The Balaban J connectivity index is 2.06. The lowest BCUT2D eigenvalue weighted by atomic mass is 9.88. The van der Waals surface area contributed by atoms with Gasteiger partial charge in [0.05, 0.1) is 18.7 Å². The minimum absolute atomic E-state index is 0.107. The number of hydrogen-bond donors (Lipinski definition) is 0. The summed E-state index contributed by atoms with van der Waals surface area (Å²) in [5.41, 5.74) is -0.580. The van der Waals surface area contributed by atoms with Crippen molar-refractivity contribution in [2.24, 2.45) is 0 Å². The second kappa shape index (κ2) is 8.06. The van der Waals surface area contributed by atoms with Crippen LogP contribution in [-0.4, -0.2) is 49.6 Å². The van der Waals surface area contributed by atoms with Gasteiger partial charge in [-0.15, -0.1) is 0 Å². The third-order valence-electron chi connectivity index (χ3n) is 4.57. The summed E-state index contributed by atoms with van der Waals surface area (Å²) >= 11 is 12.2. The molecule has 0 atom stereocenters. The zero-order chi connectivity index (χ0) is 19.6. The van der Waals surface area contributed by atoms with Gasteiger partial charge in [0.2, 0.25) is 0 Å². The number of nitrogens with zero attached hydrogens (tertiary/aromatic N) is 1. The van der Waals surface area contributed by atoms with E-state index in [-0.39, 0.29) is 23.0 Å². The predicted molar refractivity (Wildman–Crippen MR) is 98.1 cm³/mol. The van der Waals surface area contributed by atoms with E-state index in [2.05, 4.69) is 0 Å². The fourth-order valence-corrected chi connectivity index (χ4v) is 3.76. The van der Waals surface area contributed by atoms with E-state index in [1.807, 2.05) is 0 Å². The van der Waals surface area contributed by atoms with Gasteiger partial charge in [0.15, 0.2) is 11.4 Å². The first kappa shape index (κ1) is 19.9. The first-order valence-corrected chi connectivity index (χ1v) is 9.23. The third kappa shape index (κ3) is 3.91. The Labute approximate surface area is 166 Å². The lowest BCUT2D eigenvalue weighted by Crippen LogP contribution is -2.46. The summed E-state index contributed by atoms with van der Waals surface area (Å²) in [4.78, 5) is 30.0. The number of esters is 1. The standard InChI is InChI=1S/C18H19Cl2NO6/c1-3-25-17(23)26-15-14(12-5-4-11(19)10-13(12)20)16(22)27-18(15)6-8-21(24-2)9-7-18/h4-5,10H,3,6-9H2,1-2H3. The molecule has 0 radical (unpaired) electrons. The molecule has 7 nitrogen and oxygen atoms in total. The van der Waals surface area contributed by atoms with Crippen molar-refractivity contribution in [3.63, 3.8) is 0 Å². The minimum Gasteiger partial charge on any atom is -0.447 e. The smallest absolute Gasteiger partial charge is 0.447 e. The first-order valence-electron chi connectivity index (χ1n) is 8.47. The van der Waals surface area contributed by atoms with Crippen molar-refractivity contribution < 1.29 is 28.6 Å². The second-order valence-electron chi connectivity index (χ2n) is 6.11. The van der Waals surface area contributed by atoms with Gasteiger partial charge in [-0.2, -0.15) is 5.06 Å². The maximum atomic E-state index is 12.7. The molecule has 2 aliphatic heterocycles. The Bertz CT molecular complexity index is 786. The van der Waals surface area contributed by atoms with Gasteiger partial charge >= 0.3 is 12.1 Å². The van der Waals surface area contributed by atoms with Crippen LogP contribution in [0, 0.1) is 0 Å². The Kier molecular flexibility index (Phi) is 5.95. The van der Waals surface area contributed by atoms with Gasteiger partial charge < -0.3 is 19.0 Å². The molecule has 0 amide bonds. The molecule has 1 saturated heterocycles. The zero-order valence-electron chi connectivity index (χ0n) is 14.9. The molecule has 1 spiro atoms. The maximum absolute atomic E-state index is 12.7. The Morgan fingerprint density at radius 1 is 1.30 bits per heavy atom. The zero-order valence-corrected chi connectivity index (χ0v) is 16.4. The summed E-state index contributed by atoms with van der Waals surface area (Å²) in [6.07, 6.45) is -0.103. The molecule has 2 aliphatic rings. The molecule has 3 rings (SSSR count). The van der Waals surface area contributed by atoms with Gasteiger partial charge in [-0.25, -0.2) is 9.59 Å². The topological polar surface area (TPSA) is 74.3 Å². The van der Waals surface area contributed by atoms with Crippen LogP contribution in [0.2, 0.25) is 10.0 Å². The monoisotopic (exact) mass is 415 g/mol. The van der Waals surface area contributed by atoms with Crippen LogP contribution in [-0.2, 0) is 23.8 Å². The van der Waals surface area contributed by atoms with Crippen LogP contribution in [0.4, 0.5) is 4.79 Å². The highest BCUT2D eigenvalue weighted by Crippen LogP contribution is 2.46. The normalized spacial score (nSPS) is 19.3. The number of rotatable bonds is 4. The summed E-state index contributed by atoms with van der Waals surface area (Å²) in [5.74, 6) is -0.490. The summed E-state index contributed by atoms with van der Waals surface area (Å²) in [7, 11) is 1.57. The fourth-order valence-electron chi connectivity index (χ4n) is 3.25. The van der Waals surface area contributed by atoms with Crippen molar-refractivity contribution in [2.45, 2.75) is 25.4 Å². The van der Waals surface area contributed by atoms with E-state index in [0.29, 0.717) is 36.5 Å². The molecule has 1 aromatic rings. The van der Waals surface area contributed by atoms with Crippen molar-refractivity contribution in [1.82, 2.24) is 5.06 Å². The van der Waals surface area contributed by atoms with Crippen molar-refractivity contribution in [3.05, 3.63) is 39.6 Å². The molecular formula is C18H19Cl2NO6. The number of carbonyl (C=O) groups excluding carboxylic acids is 2. The number of benzene rings is 1. The minimum atomic E-state index is -1.07. The molecule has 146 valence electrons.